The Kier molecular flexibility index (Phi) is 3.71. The molecule has 1 aliphatic heterocycles. The van der Waals surface area contributed by atoms with E-state index in [-0.39, 0.29) is 16.4 Å². The van der Waals surface area contributed by atoms with Crippen molar-refractivity contribution in [2.75, 3.05) is 27.2 Å². The highest BCUT2D eigenvalue weighted by atomic mass is 35.5. The minimum atomic E-state index is -0.352. The first kappa shape index (κ1) is 12.8. The Hall–Kier alpha value is -0.640. The molecule has 2 nitrogen and oxygen atoms in total. The lowest BCUT2D eigenvalue weighted by atomic mass is 9.81. The number of nitrogens with one attached hydrogen (secondary N) is 1. The number of nitrogens with zero attached hydrogens (tertiary/aromatic N) is 1. The van der Waals surface area contributed by atoms with Crippen molar-refractivity contribution in [3.05, 3.63) is 34.6 Å². The minimum absolute atomic E-state index is 0.0656. The van der Waals surface area contributed by atoms with E-state index in [1.54, 1.807) is 6.07 Å². The first-order chi connectivity index (χ1) is 8.07. The third-order valence-electron chi connectivity index (χ3n) is 3.79. The quantitative estimate of drug-likeness (QED) is 0.875. The number of rotatable bonds is 2. The largest absolute Gasteiger partial charge is 0.310 e. The molecule has 1 saturated heterocycles. The van der Waals surface area contributed by atoms with Gasteiger partial charge in [-0.05, 0) is 57.7 Å². The standard InChI is InChI=1S/C13H18ClFN2/c1-16-13(5-7-17(2)8-6-13)10-3-4-12(15)11(14)9-10/h3-4,9,16H,5-8H2,1-2H3. The van der Waals surface area contributed by atoms with Gasteiger partial charge in [0.15, 0.2) is 0 Å². The predicted octanol–water partition coefficient (Wildman–Crippen LogP) is 2.62. The molecule has 1 aromatic rings. The molecule has 4 heteroatoms. The molecule has 94 valence electrons. The van der Waals surface area contributed by atoms with Gasteiger partial charge in [0.2, 0.25) is 0 Å². The van der Waals surface area contributed by atoms with Crippen LogP contribution in [0.1, 0.15) is 18.4 Å². The average Bonchev–Trinajstić information content (AvgIpc) is 2.34. The number of hydrogen-bond donors (Lipinski definition) is 1. The molecule has 2 rings (SSSR count). The van der Waals surface area contributed by atoms with E-state index in [4.69, 9.17) is 11.6 Å². The zero-order valence-corrected chi connectivity index (χ0v) is 11.0. The summed E-state index contributed by atoms with van der Waals surface area (Å²) in [6.45, 7) is 2.08. The van der Waals surface area contributed by atoms with Gasteiger partial charge in [-0.3, -0.25) is 0 Å². The van der Waals surface area contributed by atoms with Gasteiger partial charge in [0.05, 0.1) is 5.02 Å². The monoisotopic (exact) mass is 256 g/mol. The summed E-state index contributed by atoms with van der Waals surface area (Å²) in [6, 6.07) is 5.04. The third kappa shape index (κ3) is 2.46. The molecule has 0 amide bonds. The summed E-state index contributed by atoms with van der Waals surface area (Å²) in [4.78, 5) is 2.31. The summed E-state index contributed by atoms with van der Waals surface area (Å²) >= 11 is 5.87. The van der Waals surface area contributed by atoms with Crippen LogP contribution < -0.4 is 5.32 Å². The molecule has 0 bridgehead atoms. The first-order valence-electron chi connectivity index (χ1n) is 5.90. The van der Waals surface area contributed by atoms with E-state index in [2.05, 4.69) is 17.3 Å². The van der Waals surface area contributed by atoms with E-state index >= 15 is 0 Å². The highest BCUT2D eigenvalue weighted by Gasteiger charge is 2.34. The fourth-order valence-electron chi connectivity index (χ4n) is 2.48. The summed E-state index contributed by atoms with van der Waals surface area (Å²) in [5, 5.41) is 3.60. The maximum absolute atomic E-state index is 13.2. The molecule has 0 saturated carbocycles. The number of piperidine rings is 1. The second kappa shape index (κ2) is 4.92. The Morgan fingerprint density at radius 2 is 2.00 bits per heavy atom. The van der Waals surface area contributed by atoms with Gasteiger partial charge < -0.3 is 10.2 Å². The van der Waals surface area contributed by atoms with E-state index < -0.39 is 0 Å². The smallest absolute Gasteiger partial charge is 0.141 e. The van der Waals surface area contributed by atoms with Crippen LogP contribution in [0.15, 0.2) is 18.2 Å². The Bertz CT molecular complexity index is 400. The van der Waals surface area contributed by atoms with Crippen LogP contribution in [-0.2, 0) is 5.54 Å². The van der Waals surface area contributed by atoms with Crippen LogP contribution in [0.4, 0.5) is 4.39 Å². The van der Waals surface area contributed by atoms with Crippen molar-refractivity contribution in [2.45, 2.75) is 18.4 Å². The van der Waals surface area contributed by atoms with Crippen LogP contribution in [0.2, 0.25) is 5.02 Å². The van der Waals surface area contributed by atoms with E-state index in [0.29, 0.717) is 0 Å². The lowest BCUT2D eigenvalue weighted by molar-refractivity contribution is 0.164. The van der Waals surface area contributed by atoms with Crippen LogP contribution in [-0.4, -0.2) is 32.1 Å². The topological polar surface area (TPSA) is 15.3 Å². The molecule has 1 aliphatic rings. The van der Waals surface area contributed by atoms with Crippen molar-refractivity contribution in [1.29, 1.82) is 0 Å². The fourth-order valence-corrected chi connectivity index (χ4v) is 2.66. The van der Waals surface area contributed by atoms with Gasteiger partial charge in [-0.25, -0.2) is 4.39 Å². The first-order valence-corrected chi connectivity index (χ1v) is 6.28. The second-order valence-electron chi connectivity index (χ2n) is 4.76. The van der Waals surface area contributed by atoms with Crippen LogP contribution in [0.5, 0.6) is 0 Å². The minimum Gasteiger partial charge on any atom is -0.310 e. The highest BCUT2D eigenvalue weighted by Crippen LogP contribution is 2.33. The molecular weight excluding hydrogens is 239 g/mol. The molecule has 0 spiro atoms. The van der Waals surface area contributed by atoms with Crippen LogP contribution in [0.3, 0.4) is 0 Å². The van der Waals surface area contributed by atoms with Crippen molar-refractivity contribution in [3.63, 3.8) is 0 Å². The van der Waals surface area contributed by atoms with Crippen molar-refractivity contribution in [3.8, 4) is 0 Å². The van der Waals surface area contributed by atoms with Gasteiger partial charge in [0.1, 0.15) is 5.82 Å². The fraction of sp³-hybridized carbons (Fsp3) is 0.538. The van der Waals surface area contributed by atoms with Gasteiger partial charge in [-0.2, -0.15) is 0 Å². The molecule has 1 N–H and O–H groups in total. The number of hydrogen-bond acceptors (Lipinski definition) is 2. The van der Waals surface area contributed by atoms with E-state index in [0.717, 1.165) is 31.5 Å². The Morgan fingerprint density at radius 1 is 1.35 bits per heavy atom. The van der Waals surface area contributed by atoms with Crippen molar-refractivity contribution < 1.29 is 4.39 Å². The van der Waals surface area contributed by atoms with E-state index in [9.17, 15) is 4.39 Å². The normalized spacial score (nSPS) is 20.5. The molecule has 0 atom stereocenters. The zero-order chi connectivity index (χ0) is 12.5. The van der Waals surface area contributed by atoms with Gasteiger partial charge >= 0.3 is 0 Å². The molecule has 1 aromatic carbocycles. The van der Waals surface area contributed by atoms with Gasteiger partial charge in [-0.15, -0.1) is 0 Å². The number of likely N-dealkylation sites (tertiary alicyclic amines) is 1. The second-order valence-corrected chi connectivity index (χ2v) is 5.17. The van der Waals surface area contributed by atoms with Crippen molar-refractivity contribution in [1.82, 2.24) is 10.2 Å². The Balaban J connectivity index is 2.31. The molecule has 0 radical (unpaired) electrons. The predicted molar refractivity (Wildman–Crippen MR) is 68.9 cm³/mol. The van der Waals surface area contributed by atoms with E-state index in [1.807, 2.05) is 13.1 Å². The molecule has 0 unspecified atom stereocenters. The van der Waals surface area contributed by atoms with Crippen LogP contribution in [0, 0.1) is 5.82 Å². The van der Waals surface area contributed by atoms with Gasteiger partial charge in [-0.1, -0.05) is 17.7 Å². The molecule has 0 aromatic heterocycles. The summed E-state index contributed by atoms with van der Waals surface area (Å²) in [5.41, 5.74) is 1.02. The maximum atomic E-state index is 13.2. The van der Waals surface area contributed by atoms with Gasteiger partial charge in [0, 0.05) is 5.54 Å². The molecule has 17 heavy (non-hydrogen) atoms. The van der Waals surface area contributed by atoms with Crippen LogP contribution in [0.25, 0.3) is 0 Å². The zero-order valence-electron chi connectivity index (χ0n) is 10.3. The third-order valence-corrected chi connectivity index (χ3v) is 4.08. The Morgan fingerprint density at radius 3 is 2.53 bits per heavy atom. The summed E-state index contributed by atoms with van der Waals surface area (Å²) < 4.78 is 13.2. The summed E-state index contributed by atoms with van der Waals surface area (Å²) in [5.74, 6) is -0.352. The SMILES string of the molecule is CNC1(c2ccc(F)c(Cl)c2)CCN(C)CC1. The molecule has 1 heterocycles. The summed E-state index contributed by atoms with van der Waals surface area (Å²) in [6.07, 6.45) is 2.03. The molecule has 0 aliphatic carbocycles. The number of benzene rings is 1. The maximum Gasteiger partial charge on any atom is 0.141 e. The molecule has 1 fully saturated rings. The van der Waals surface area contributed by atoms with Crippen LogP contribution >= 0.6 is 11.6 Å². The summed E-state index contributed by atoms with van der Waals surface area (Å²) in [7, 11) is 4.08. The Labute approximate surface area is 107 Å². The molecular formula is C13H18ClFN2. The average molecular weight is 257 g/mol. The van der Waals surface area contributed by atoms with Crippen molar-refractivity contribution >= 4 is 11.6 Å². The lowest BCUT2D eigenvalue weighted by Crippen LogP contribution is -2.48. The lowest BCUT2D eigenvalue weighted by Gasteiger charge is -2.41. The van der Waals surface area contributed by atoms with Crippen molar-refractivity contribution in [2.24, 2.45) is 0 Å². The van der Waals surface area contributed by atoms with E-state index in [1.165, 1.54) is 6.07 Å². The number of halogens is 2. The highest BCUT2D eigenvalue weighted by molar-refractivity contribution is 6.30. The van der Waals surface area contributed by atoms with Gasteiger partial charge in [0.25, 0.3) is 0 Å².